The molecule has 2 aromatic rings. The minimum atomic E-state index is -5.08. The smallest absolute Gasteiger partial charge is 0.475 e. The molecule has 1 aromatic heterocycles. The van der Waals surface area contributed by atoms with Gasteiger partial charge in [0.1, 0.15) is 0 Å². The highest BCUT2D eigenvalue weighted by Gasteiger charge is 2.52. The maximum absolute atomic E-state index is 12.7. The fraction of sp³-hybridized carbons (Fsp3) is 0.391. The van der Waals surface area contributed by atoms with Gasteiger partial charge in [-0.15, -0.1) is 0 Å². The lowest BCUT2D eigenvalue weighted by atomic mass is 9.68. The van der Waals surface area contributed by atoms with Crippen molar-refractivity contribution < 1.29 is 32.7 Å². The zero-order valence-corrected chi connectivity index (χ0v) is 17.7. The van der Waals surface area contributed by atoms with Gasteiger partial charge in [0.25, 0.3) is 0 Å². The Kier molecular flexibility index (Phi) is 7.35. The number of carboxylic acids is 1. The summed E-state index contributed by atoms with van der Waals surface area (Å²) in [5.74, 6) is -2.34. The lowest BCUT2D eigenvalue weighted by Crippen LogP contribution is -2.48. The normalized spacial score (nSPS) is 19.4. The van der Waals surface area contributed by atoms with Gasteiger partial charge in [0.05, 0.1) is 11.8 Å². The molecule has 2 N–H and O–H groups in total. The average molecular weight is 463 g/mol. The molecule has 2 fully saturated rings. The van der Waals surface area contributed by atoms with E-state index in [0.29, 0.717) is 38.9 Å². The molecule has 2 amide bonds. The lowest BCUT2D eigenvalue weighted by Gasteiger charge is -2.41. The summed E-state index contributed by atoms with van der Waals surface area (Å²) in [6, 6.07) is 15.9. The highest BCUT2D eigenvalue weighted by atomic mass is 19.4. The van der Waals surface area contributed by atoms with Crippen LogP contribution in [0.1, 0.15) is 30.0 Å². The number of amides is 2. The molecule has 2 saturated heterocycles. The van der Waals surface area contributed by atoms with Crippen LogP contribution in [0, 0.1) is 5.41 Å². The van der Waals surface area contributed by atoms with E-state index in [0.717, 1.165) is 5.69 Å². The maximum atomic E-state index is 12.7. The molecule has 7 nitrogen and oxygen atoms in total. The van der Waals surface area contributed by atoms with Gasteiger partial charge in [0.15, 0.2) is 0 Å². The first-order valence-electron chi connectivity index (χ1n) is 10.4. The third-order valence-corrected chi connectivity index (χ3v) is 6.10. The lowest BCUT2D eigenvalue weighted by molar-refractivity contribution is -0.192. The number of hydrogen-bond donors (Lipinski definition) is 2. The first-order valence-corrected chi connectivity index (χ1v) is 10.4. The standard InChI is InChI=1S/C21H23N3O2.C2HF3O2/c25-19(14-17-8-4-5-11-22-17)24-12-9-21(10-13-24)18(15-23-20(21)26)16-6-2-1-3-7-16;3-2(4,5)1(6)7/h1-8,11,18H,9-10,12-15H2,(H,23,26);(H,6,7). The third-order valence-electron chi connectivity index (χ3n) is 6.10. The number of carboxylic acid groups (broad SMARTS) is 1. The first kappa shape index (κ1) is 24.2. The number of aliphatic carboxylic acids is 1. The van der Waals surface area contributed by atoms with Crippen molar-refractivity contribution in [1.29, 1.82) is 0 Å². The van der Waals surface area contributed by atoms with E-state index in [1.807, 2.05) is 41.3 Å². The molecule has 0 radical (unpaired) electrons. The molecule has 1 spiro atoms. The number of aromatic nitrogens is 1. The van der Waals surface area contributed by atoms with Crippen LogP contribution in [0.25, 0.3) is 0 Å². The van der Waals surface area contributed by atoms with Gasteiger partial charge in [0.2, 0.25) is 11.8 Å². The molecular weight excluding hydrogens is 439 g/mol. The Labute approximate surface area is 188 Å². The van der Waals surface area contributed by atoms with Gasteiger partial charge >= 0.3 is 12.1 Å². The van der Waals surface area contributed by atoms with E-state index in [-0.39, 0.29) is 23.1 Å². The highest BCUT2D eigenvalue weighted by Crippen LogP contribution is 2.47. The molecular formula is C23H24F3N3O4. The van der Waals surface area contributed by atoms with Gasteiger partial charge in [-0.2, -0.15) is 13.2 Å². The number of nitrogens with zero attached hydrogens (tertiary/aromatic N) is 2. The number of alkyl halides is 3. The number of pyridine rings is 1. The first-order chi connectivity index (χ1) is 15.6. The van der Waals surface area contributed by atoms with Crippen LogP contribution in [-0.4, -0.2) is 58.6 Å². The molecule has 0 aliphatic carbocycles. The summed E-state index contributed by atoms with van der Waals surface area (Å²) in [5, 5.41) is 10.2. The van der Waals surface area contributed by atoms with Crippen molar-refractivity contribution in [1.82, 2.24) is 15.2 Å². The number of hydrogen-bond acceptors (Lipinski definition) is 4. The molecule has 1 atom stereocenters. The van der Waals surface area contributed by atoms with Crippen molar-refractivity contribution in [2.45, 2.75) is 31.4 Å². The van der Waals surface area contributed by atoms with Crippen LogP contribution in [0.3, 0.4) is 0 Å². The second-order valence-electron chi connectivity index (χ2n) is 8.01. The Morgan fingerprint density at radius 3 is 2.24 bits per heavy atom. The predicted octanol–water partition coefficient (Wildman–Crippen LogP) is 2.78. The topological polar surface area (TPSA) is 99.6 Å². The zero-order valence-electron chi connectivity index (χ0n) is 17.7. The molecule has 0 bridgehead atoms. The van der Waals surface area contributed by atoms with Gasteiger partial charge in [0, 0.05) is 37.4 Å². The Balaban J connectivity index is 0.000000383. The second-order valence-corrected chi connectivity index (χ2v) is 8.01. The molecule has 1 aromatic carbocycles. The van der Waals surface area contributed by atoms with Crippen LogP contribution in [0.15, 0.2) is 54.7 Å². The molecule has 33 heavy (non-hydrogen) atoms. The minimum Gasteiger partial charge on any atom is -0.475 e. The Morgan fingerprint density at radius 2 is 1.70 bits per heavy atom. The van der Waals surface area contributed by atoms with E-state index in [4.69, 9.17) is 9.90 Å². The average Bonchev–Trinajstić information content (AvgIpc) is 3.10. The Morgan fingerprint density at radius 1 is 1.09 bits per heavy atom. The van der Waals surface area contributed by atoms with Gasteiger partial charge in [-0.05, 0) is 30.5 Å². The molecule has 10 heteroatoms. The van der Waals surface area contributed by atoms with Crippen molar-refractivity contribution in [3.63, 3.8) is 0 Å². The van der Waals surface area contributed by atoms with Gasteiger partial charge in [-0.1, -0.05) is 36.4 Å². The Bertz CT molecular complexity index is 975. The fourth-order valence-corrected chi connectivity index (χ4v) is 4.35. The van der Waals surface area contributed by atoms with Crippen LogP contribution >= 0.6 is 0 Å². The van der Waals surface area contributed by atoms with Crippen molar-refractivity contribution >= 4 is 17.8 Å². The van der Waals surface area contributed by atoms with Crippen LogP contribution in [0.5, 0.6) is 0 Å². The van der Waals surface area contributed by atoms with Crippen LogP contribution in [-0.2, 0) is 20.8 Å². The van der Waals surface area contributed by atoms with Crippen molar-refractivity contribution in [2.75, 3.05) is 19.6 Å². The minimum absolute atomic E-state index is 0.0909. The van der Waals surface area contributed by atoms with Gasteiger partial charge in [-0.25, -0.2) is 4.79 Å². The van der Waals surface area contributed by atoms with Crippen LogP contribution < -0.4 is 5.32 Å². The monoisotopic (exact) mass is 463 g/mol. The number of likely N-dealkylation sites (tertiary alicyclic amines) is 1. The van der Waals surface area contributed by atoms with Gasteiger partial charge in [-0.3, -0.25) is 14.6 Å². The molecule has 2 aliphatic heterocycles. The summed E-state index contributed by atoms with van der Waals surface area (Å²) >= 11 is 0. The SMILES string of the molecule is O=C(Cc1ccccn1)N1CCC2(CC1)C(=O)NCC2c1ccccc1.O=C(O)C(F)(F)F. The molecule has 2 aliphatic rings. The largest absolute Gasteiger partial charge is 0.490 e. The number of halogens is 3. The number of piperidine rings is 1. The van der Waals surface area contributed by atoms with Crippen molar-refractivity contribution in [3.8, 4) is 0 Å². The zero-order chi connectivity index (χ0) is 24.1. The summed E-state index contributed by atoms with van der Waals surface area (Å²) in [6.45, 7) is 1.94. The second kappa shape index (κ2) is 10.0. The third kappa shape index (κ3) is 5.68. The number of carbonyl (C=O) groups is 3. The number of benzene rings is 1. The van der Waals surface area contributed by atoms with E-state index in [9.17, 15) is 22.8 Å². The van der Waals surface area contributed by atoms with E-state index in [1.54, 1.807) is 6.20 Å². The summed E-state index contributed by atoms with van der Waals surface area (Å²) in [7, 11) is 0. The highest BCUT2D eigenvalue weighted by molar-refractivity contribution is 5.87. The number of rotatable bonds is 3. The molecule has 3 heterocycles. The van der Waals surface area contributed by atoms with Crippen LogP contribution in [0.2, 0.25) is 0 Å². The van der Waals surface area contributed by atoms with E-state index in [2.05, 4.69) is 22.4 Å². The molecule has 176 valence electrons. The summed E-state index contributed by atoms with van der Waals surface area (Å²) in [6.07, 6.45) is -1.62. The van der Waals surface area contributed by atoms with Crippen molar-refractivity contribution in [3.05, 3.63) is 66.0 Å². The maximum Gasteiger partial charge on any atom is 0.490 e. The summed E-state index contributed by atoms with van der Waals surface area (Å²) < 4.78 is 31.7. The predicted molar refractivity (Wildman–Crippen MR) is 112 cm³/mol. The summed E-state index contributed by atoms with van der Waals surface area (Å²) in [4.78, 5) is 40.3. The fourth-order valence-electron chi connectivity index (χ4n) is 4.35. The quantitative estimate of drug-likeness (QED) is 0.729. The number of carbonyl (C=O) groups excluding carboxylic acids is 2. The number of nitrogens with one attached hydrogen (secondary N) is 1. The molecule has 4 rings (SSSR count). The van der Waals surface area contributed by atoms with E-state index in [1.165, 1.54) is 5.56 Å². The van der Waals surface area contributed by atoms with Gasteiger partial charge < -0.3 is 15.3 Å². The van der Waals surface area contributed by atoms with E-state index < -0.39 is 12.1 Å². The van der Waals surface area contributed by atoms with Crippen LogP contribution in [0.4, 0.5) is 13.2 Å². The Hall–Kier alpha value is -3.43. The molecule has 0 saturated carbocycles. The summed E-state index contributed by atoms with van der Waals surface area (Å²) in [5.41, 5.74) is 1.61. The van der Waals surface area contributed by atoms with Crippen molar-refractivity contribution in [2.24, 2.45) is 5.41 Å². The van der Waals surface area contributed by atoms with E-state index >= 15 is 0 Å². The molecule has 1 unspecified atom stereocenters.